The predicted octanol–water partition coefficient (Wildman–Crippen LogP) is 0.584. The van der Waals surface area contributed by atoms with E-state index < -0.39 is 10.4 Å². The van der Waals surface area contributed by atoms with Crippen LogP contribution in [0.2, 0.25) is 0 Å². The molecule has 0 atom stereocenters. The van der Waals surface area contributed by atoms with E-state index in [1.54, 1.807) is 0 Å². The van der Waals surface area contributed by atoms with E-state index in [1.807, 2.05) is 0 Å². The molecule has 0 radical (unpaired) electrons. The second-order valence-corrected chi connectivity index (χ2v) is 5.55. The van der Waals surface area contributed by atoms with Crippen LogP contribution in [0, 0.1) is 0 Å². The fourth-order valence-electron chi connectivity index (χ4n) is 1.04. The van der Waals surface area contributed by atoms with Crippen molar-refractivity contribution >= 4 is 10.4 Å². The van der Waals surface area contributed by atoms with Crippen molar-refractivity contribution in [1.29, 1.82) is 0 Å². The molecule has 0 aliphatic heterocycles. The highest BCUT2D eigenvalue weighted by Crippen LogP contribution is 2.05. The summed E-state index contributed by atoms with van der Waals surface area (Å²) in [7, 11) is 1.78. The molecular formula is C11H27NO4S. The lowest BCUT2D eigenvalue weighted by molar-refractivity contribution is -0.836. The van der Waals surface area contributed by atoms with Crippen LogP contribution in [0.25, 0.3) is 0 Å². The maximum Gasteiger partial charge on any atom is 0.217 e. The van der Waals surface area contributed by atoms with Gasteiger partial charge in [0, 0.05) is 0 Å². The Kier molecular flexibility index (Phi) is 13.9. The summed E-state index contributed by atoms with van der Waals surface area (Å²) in [5, 5.41) is 0. The quantitative estimate of drug-likeness (QED) is 0.397. The van der Waals surface area contributed by atoms with Gasteiger partial charge in [-0.25, -0.2) is 8.42 Å². The lowest BCUT2D eigenvalue weighted by atomic mass is 10.1. The number of hydrogen-bond donors (Lipinski definition) is 1. The van der Waals surface area contributed by atoms with E-state index in [9.17, 15) is 13.0 Å². The van der Waals surface area contributed by atoms with Gasteiger partial charge in [-0.05, 0) is 6.42 Å². The third kappa shape index (κ3) is 31.3. The Balaban J connectivity index is 0. The third-order valence-corrected chi connectivity index (χ3v) is 2.18. The van der Waals surface area contributed by atoms with Crippen molar-refractivity contribution in [3.8, 4) is 0 Å². The topological polar surface area (TPSA) is 70.9 Å². The molecule has 0 aliphatic rings. The molecule has 0 unspecified atom stereocenters. The molecular weight excluding hydrogens is 242 g/mol. The van der Waals surface area contributed by atoms with Gasteiger partial charge in [-0.15, -0.1) is 0 Å². The third-order valence-electron chi connectivity index (χ3n) is 1.73. The van der Waals surface area contributed by atoms with Crippen molar-refractivity contribution in [3.05, 3.63) is 0 Å². The molecule has 1 N–H and O–H groups in total. The van der Waals surface area contributed by atoms with Crippen LogP contribution in [0.5, 0.6) is 0 Å². The molecule has 0 aromatic heterocycles. The molecule has 6 heteroatoms. The van der Waals surface area contributed by atoms with E-state index in [-0.39, 0.29) is 6.61 Å². The zero-order chi connectivity index (χ0) is 13.7. The van der Waals surface area contributed by atoms with Gasteiger partial charge in [0.25, 0.3) is 0 Å². The van der Waals surface area contributed by atoms with Crippen LogP contribution in [0.15, 0.2) is 0 Å². The minimum absolute atomic E-state index is 0.0258. The highest BCUT2D eigenvalue weighted by molar-refractivity contribution is 7.80. The van der Waals surface area contributed by atoms with Crippen LogP contribution in [0.3, 0.4) is 0 Å². The van der Waals surface area contributed by atoms with Crippen LogP contribution >= 0.6 is 0 Å². The highest BCUT2D eigenvalue weighted by atomic mass is 32.3. The van der Waals surface area contributed by atoms with Gasteiger partial charge in [0.2, 0.25) is 10.4 Å². The molecule has 0 aliphatic carbocycles. The van der Waals surface area contributed by atoms with Gasteiger partial charge in [-0.1, -0.05) is 39.0 Å². The minimum Gasteiger partial charge on any atom is -0.726 e. The Morgan fingerprint density at radius 1 is 1.00 bits per heavy atom. The molecule has 0 rings (SSSR count). The molecule has 0 amide bonds. The maximum atomic E-state index is 9.99. The van der Waals surface area contributed by atoms with E-state index >= 15 is 0 Å². The van der Waals surface area contributed by atoms with Gasteiger partial charge in [-0.3, -0.25) is 4.18 Å². The molecule has 0 saturated heterocycles. The average Bonchev–Trinajstić information content (AvgIpc) is 2.14. The molecule has 17 heavy (non-hydrogen) atoms. The maximum absolute atomic E-state index is 9.99. The van der Waals surface area contributed by atoms with Gasteiger partial charge in [0.15, 0.2) is 0 Å². The van der Waals surface area contributed by atoms with Crippen molar-refractivity contribution in [2.45, 2.75) is 45.4 Å². The molecule has 0 fully saturated rings. The summed E-state index contributed by atoms with van der Waals surface area (Å²) in [6.45, 7) is 2.16. The predicted molar refractivity (Wildman–Crippen MR) is 67.8 cm³/mol. The lowest BCUT2D eigenvalue weighted by Gasteiger charge is -2.06. The zero-order valence-corrected chi connectivity index (χ0v) is 12.3. The fraction of sp³-hybridized carbons (Fsp3) is 1.00. The lowest BCUT2D eigenvalue weighted by Crippen LogP contribution is -3.02. The van der Waals surface area contributed by atoms with Crippen LogP contribution in [-0.2, 0) is 14.6 Å². The summed E-state index contributed by atoms with van der Waals surface area (Å²) in [5.41, 5.74) is 0. The van der Waals surface area contributed by atoms with Crippen molar-refractivity contribution < 1.29 is 22.1 Å². The molecule has 0 heterocycles. The Hall–Kier alpha value is -0.170. The fourth-order valence-corrected chi connectivity index (χ4v) is 1.37. The first-order valence-electron chi connectivity index (χ1n) is 6.16. The summed E-state index contributed by atoms with van der Waals surface area (Å²) >= 11 is 0. The average molecular weight is 269 g/mol. The van der Waals surface area contributed by atoms with Crippen molar-refractivity contribution in [3.63, 3.8) is 0 Å². The highest BCUT2D eigenvalue weighted by Gasteiger charge is 1.94. The standard InChI is InChI=1S/C8H18O4S.C3H9N/c1-2-3-4-5-6-7-8-12-13(9,10)11;1-4(2)3/h2-8H2,1H3,(H,9,10,11);1-3H3. The number of nitrogens with one attached hydrogen (secondary N) is 1. The Morgan fingerprint density at radius 2 is 1.41 bits per heavy atom. The molecule has 0 aromatic carbocycles. The van der Waals surface area contributed by atoms with E-state index in [0.717, 1.165) is 12.8 Å². The first kappa shape index (κ1) is 19.2. The normalized spacial score (nSPS) is 11.2. The number of quaternary nitrogens is 1. The van der Waals surface area contributed by atoms with Gasteiger partial charge >= 0.3 is 0 Å². The van der Waals surface area contributed by atoms with E-state index in [1.165, 1.54) is 24.2 Å². The molecule has 106 valence electrons. The van der Waals surface area contributed by atoms with Crippen molar-refractivity contribution in [2.24, 2.45) is 0 Å². The van der Waals surface area contributed by atoms with Crippen LogP contribution in [-0.4, -0.2) is 40.7 Å². The molecule has 0 saturated carbocycles. The second kappa shape index (κ2) is 12.3. The summed E-state index contributed by atoms with van der Waals surface area (Å²) < 4.78 is 34.0. The van der Waals surface area contributed by atoms with Crippen molar-refractivity contribution in [2.75, 3.05) is 27.7 Å². The Morgan fingerprint density at radius 3 is 1.82 bits per heavy atom. The number of unbranched alkanes of at least 4 members (excludes halogenated alkanes) is 5. The van der Waals surface area contributed by atoms with Crippen LogP contribution < -0.4 is 4.90 Å². The number of rotatable bonds is 8. The second-order valence-electron chi connectivity index (χ2n) is 4.50. The van der Waals surface area contributed by atoms with E-state index in [0.29, 0.717) is 6.42 Å². The van der Waals surface area contributed by atoms with Gasteiger partial charge in [-0.2, -0.15) is 0 Å². The van der Waals surface area contributed by atoms with Crippen molar-refractivity contribution in [1.82, 2.24) is 0 Å². The molecule has 0 aromatic rings. The van der Waals surface area contributed by atoms with Crippen LogP contribution in [0.1, 0.15) is 45.4 Å². The zero-order valence-electron chi connectivity index (χ0n) is 11.5. The van der Waals surface area contributed by atoms with E-state index in [4.69, 9.17) is 0 Å². The smallest absolute Gasteiger partial charge is 0.217 e. The number of hydrogen-bond acceptors (Lipinski definition) is 4. The minimum atomic E-state index is -4.47. The summed E-state index contributed by atoms with van der Waals surface area (Å²) in [6.07, 6.45) is 6.21. The van der Waals surface area contributed by atoms with Gasteiger partial charge in [0.05, 0.1) is 27.7 Å². The first-order valence-corrected chi connectivity index (χ1v) is 7.50. The molecule has 0 spiro atoms. The van der Waals surface area contributed by atoms with Crippen LogP contribution in [0.4, 0.5) is 0 Å². The molecule has 0 bridgehead atoms. The first-order chi connectivity index (χ1) is 7.79. The SMILES string of the molecule is CCCCCCCCOS(=O)(=O)[O-].C[NH+](C)C. The Labute approximate surface area is 106 Å². The Bertz CT molecular complexity index is 237. The summed E-state index contributed by atoms with van der Waals surface area (Å²) in [4.78, 5) is 1.42. The largest absolute Gasteiger partial charge is 0.726 e. The van der Waals surface area contributed by atoms with Gasteiger partial charge in [0.1, 0.15) is 0 Å². The van der Waals surface area contributed by atoms with Gasteiger partial charge < -0.3 is 9.45 Å². The summed E-state index contributed by atoms with van der Waals surface area (Å²) in [5.74, 6) is 0. The summed E-state index contributed by atoms with van der Waals surface area (Å²) in [6, 6.07) is 0. The van der Waals surface area contributed by atoms with E-state index in [2.05, 4.69) is 32.2 Å². The molecule has 5 nitrogen and oxygen atoms in total. The monoisotopic (exact) mass is 269 g/mol.